The molecular weight excluding hydrogens is 220 g/mol. The van der Waals surface area contributed by atoms with Crippen molar-refractivity contribution in [3.63, 3.8) is 0 Å². The maximum Gasteiger partial charge on any atom is 0.238 e. The van der Waals surface area contributed by atoms with Gasteiger partial charge in [-0.05, 0) is 18.8 Å². The summed E-state index contributed by atoms with van der Waals surface area (Å²) >= 11 is 0. The molecule has 0 spiro atoms. The molecule has 1 saturated carbocycles. The lowest BCUT2D eigenvalue weighted by Gasteiger charge is -2.21. The van der Waals surface area contributed by atoms with Gasteiger partial charge >= 0.3 is 0 Å². The Balaban J connectivity index is 2.08. The highest BCUT2D eigenvalue weighted by molar-refractivity contribution is 6.16. The second-order valence-corrected chi connectivity index (χ2v) is 5.09. The van der Waals surface area contributed by atoms with Crippen molar-refractivity contribution < 1.29 is 14.4 Å². The molecule has 0 radical (unpaired) electrons. The van der Waals surface area contributed by atoms with E-state index >= 15 is 0 Å². The normalized spacial score (nSPS) is 31.6. The highest BCUT2D eigenvalue weighted by Crippen LogP contribution is 2.30. The molecule has 2 amide bonds. The molecular formula is C12H18N2O3. The first-order valence-electron chi connectivity index (χ1n) is 6.16. The Morgan fingerprint density at radius 2 is 1.88 bits per heavy atom. The Morgan fingerprint density at radius 1 is 1.29 bits per heavy atom. The van der Waals surface area contributed by atoms with Gasteiger partial charge in [-0.15, -0.1) is 0 Å². The third-order valence-corrected chi connectivity index (χ3v) is 3.99. The van der Waals surface area contributed by atoms with Crippen LogP contribution in [0.3, 0.4) is 0 Å². The molecule has 5 heteroatoms. The molecule has 3 N–H and O–H groups in total. The van der Waals surface area contributed by atoms with Gasteiger partial charge in [0.15, 0.2) is 5.78 Å². The van der Waals surface area contributed by atoms with Crippen LogP contribution in [-0.4, -0.2) is 23.6 Å². The van der Waals surface area contributed by atoms with E-state index in [2.05, 4.69) is 5.32 Å². The summed E-state index contributed by atoms with van der Waals surface area (Å²) in [5, 5.41) is 2.19. The fourth-order valence-electron chi connectivity index (χ4n) is 2.82. The minimum Gasteiger partial charge on any atom is -0.321 e. The molecule has 0 aromatic heterocycles. The standard InChI is InChI=1S/C12H18N2O3/c1-6-8(12(17)14-11(6)16)10(15)9(13)7-4-2-3-5-7/h6-9H,2-5,13H2,1H3,(H,14,16,17)/t6-,8+,9?/m0/s1. The summed E-state index contributed by atoms with van der Waals surface area (Å²) in [5.41, 5.74) is 5.93. The van der Waals surface area contributed by atoms with Crippen LogP contribution < -0.4 is 11.1 Å². The zero-order valence-electron chi connectivity index (χ0n) is 9.94. The van der Waals surface area contributed by atoms with Gasteiger partial charge in [0, 0.05) is 0 Å². The van der Waals surface area contributed by atoms with Crippen molar-refractivity contribution in [2.24, 2.45) is 23.5 Å². The molecule has 1 aliphatic carbocycles. The third kappa shape index (κ3) is 2.11. The molecule has 0 aromatic rings. The van der Waals surface area contributed by atoms with E-state index in [0.717, 1.165) is 25.7 Å². The SMILES string of the molecule is C[C@@H]1C(=O)NC(=O)[C@H]1C(=O)C(N)C1CCCC1. The summed E-state index contributed by atoms with van der Waals surface area (Å²) in [4.78, 5) is 35.0. The number of hydrogen-bond donors (Lipinski definition) is 2. The Kier molecular flexibility index (Phi) is 3.28. The van der Waals surface area contributed by atoms with E-state index in [1.54, 1.807) is 6.92 Å². The van der Waals surface area contributed by atoms with Gasteiger partial charge in [0.2, 0.25) is 11.8 Å². The highest BCUT2D eigenvalue weighted by atomic mass is 16.2. The Labute approximate surface area is 100 Å². The summed E-state index contributed by atoms with van der Waals surface area (Å²) in [6.45, 7) is 1.60. The van der Waals surface area contributed by atoms with E-state index in [4.69, 9.17) is 5.73 Å². The summed E-state index contributed by atoms with van der Waals surface area (Å²) < 4.78 is 0. The summed E-state index contributed by atoms with van der Waals surface area (Å²) in [7, 11) is 0. The molecule has 1 aliphatic heterocycles. The first-order valence-corrected chi connectivity index (χ1v) is 6.16. The van der Waals surface area contributed by atoms with Crippen LogP contribution in [0.25, 0.3) is 0 Å². The van der Waals surface area contributed by atoms with E-state index < -0.39 is 23.8 Å². The van der Waals surface area contributed by atoms with Gasteiger partial charge in [-0.2, -0.15) is 0 Å². The fourth-order valence-corrected chi connectivity index (χ4v) is 2.82. The predicted molar refractivity (Wildman–Crippen MR) is 60.7 cm³/mol. The average molecular weight is 238 g/mol. The maximum absolute atomic E-state index is 12.2. The zero-order chi connectivity index (χ0) is 12.6. The minimum atomic E-state index is -0.877. The molecule has 0 aromatic carbocycles. The lowest BCUT2D eigenvalue weighted by molar-refractivity contribution is -0.134. The molecule has 94 valence electrons. The third-order valence-electron chi connectivity index (χ3n) is 3.99. The van der Waals surface area contributed by atoms with Gasteiger partial charge in [-0.25, -0.2) is 0 Å². The smallest absolute Gasteiger partial charge is 0.238 e. The summed E-state index contributed by atoms with van der Waals surface area (Å²) in [6, 6.07) is -0.596. The van der Waals surface area contributed by atoms with Crippen LogP contribution in [0.1, 0.15) is 32.6 Å². The van der Waals surface area contributed by atoms with Gasteiger partial charge in [-0.1, -0.05) is 19.8 Å². The molecule has 2 rings (SSSR count). The monoisotopic (exact) mass is 238 g/mol. The van der Waals surface area contributed by atoms with Gasteiger partial charge in [0.25, 0.3) is 0 Å². The lowest BCUT2D eigenvalue weighted by Crippen LogP contribution is -2.44. The number of Topliss-reactive ketones (excluding diaryl/α,β-unsaturated/α-hetero) is 1. The summed E-state index contributed by atoms with van der Waals surface area (Å²) in [5.74, 6) is -2.40. The molecule has 2 fully saturated rings. The molecule has 1 unspecified atom stereocenters. The van der Waals surface area contributed by atoms with Crippen molar-refractivity contribution in [3.05, 3.63) is 0 Å². The maximum atomic E-state index is 12.2. The second-order valence-electron chi connectivity index (χ2n) is 5.09. The molecule has 17 heavy (non-hydrogen) atoms. The molecule has 3 atom stereocenters. The van der Waals surface area contributed by atoms with Gasteiger partial charge in [0.05, 0.1) is 12.0 Å². The van der Waals surface area contributed by atoms with Crippen LogP contribution in [0.4, 0.5) is 0 Å². The lowest BCUT2D eigenvalue weighted by atomic mass is 9.84. The predicted octanol–water partition coefficient (Wildman–Crippen LogP) is -0.0183. The zero-order valence-corrected chi connectivity index (χ0v) is 9.94. The minimum absolute atomic E-state index is 0.179. The number of imide groups is 1. The molecule has 1 heterocycles. The Bertz CT molecular complexity index is 361. The number of nitrogens with one attached hydrogen (secondary N) is 1. The number of rotatable bonds is 3. The van der Waals surface area contributed by atoms with Crippen molar-refractivity contribution in [2.75, 3.05) is 0 Å². The number of nitrogens with two attached hydrogens (primary N) is 1. The van der Waals surface area contributed by atoms with Gasteiger partial charge < -0.3 is 5.73 Å². The van der Waals surface area contributed by atoms with Crippen molar-refractivity contribution in [3.8, 4) is 0 Å². The summed E-state index contributed by atoms with van der Waals surface area (Å²) in [6.07, 6.45) is 4.08. The number of ketones is 1. The van der Waals surface area contributed by atoms with E-state index in [1.165, 1.54) is 0 Å². The van der Waals surface area contributed by atoms with E-state index in [9.17, 15) is 14.4 Å². The van der Waals surface area contributed by atoms with Crippen LogP contribution in [0, 0.1) is 17.8 Å². The quantitative estimate of drug-likeness (QED) is 0.534. The topological polar surface area (TPSA) is 89.3 Å². The molecule has 2 aliphatic rings. The van der Waals surface area contributed by atoms with Crippen molar-refractivity contribution in [1.29, 1.82) is 0 Å². The molecule has 0 bridgehead atoms. The van der Waals surface area contributed by atoms with Crippen LogP contribution in [0.5, 0.6) is 0 Å². The van der Waals surface area contributed by atoms with Crippen molar-refractivity contribution in [1.82, 2.24) is 5.32 Å². The number of carbonyl (C=O) groups is 3. The van der Waals surface area contributed by atoms with Crippen molar-refractivity contribution >= 4 is 17.6 Å². The largest absolute Gasteiger partial charge is 0.321 e. The van der Waals surface area contributed by atoms with Gasteiger partial charge in [0.1, 0.15) is 5.92 Å². The highest BCUT2D eigenvalue weighted by Gasteiger charge is 2.46. The Morgan fingerprint density at radius 3 is 2.35 bits per heavy atom. The van der Waals surface area contributed by atoms with E-state index in [0.29, 0.717) is 0 Å². The first-order chi connectivity index (χ1) is 8.02. The molecule has 1 saturated heterocycles. The number of amides is 2. The average Bonchev–Trinajstić information content (AvgIpc) is 2.87. The number of hydrogen-bond acceptors (Lipinski definition) is 4. The van der Waals surface area contributed by atoms with Crippen LogP contribution in [-0.2, 0) is 14.4 Å². The first kappa shape index (κ1) is 12.2. The number of carbonyl (C=O) groups excluding carboxylic acids is 3. The second kappa shape index (κ2) is 4.56. The van der Waals surface area contributed by atoms with E-state index in [-0.39, 0.29) is 17.6 Å². The van der Waals surface area contributed by atoms with Crippen LogP contribution >= 0.6 is 0 Å². The van der Waals surface area contributed by atoms with Crippen molar-refractivity contribution in [2.45, 2.75) is 38.6 Å². The fraction of sp³-hybridized carbons (Fsp3) is 0.750. The van der Waals surface area contributed by atoms with Crippen LogP contribution in [0.2, 0.25) is 0 Å². The van der Waals surface area contributed by atoms with Gasteiger partial charge in [-0.3, -0.25) is 19.7 Å². The van der Waals surface area contributed by atoms with E-state index in [1.807, 2.05) is 0 Å². The van der Waals surface area contributed by atoms with Crippen LogP contribution in [0.15, 0.2) is 0 Å². The Hall–Kier alpha value is -1.23. The molecule has 5 nitrogen and oxygen atoms in total.